The lowest BCUT2D eigenvalue weighted by Gasteiger charge is -2.24. The van der Waals surface area contributed by atoms with Gasteiger partial charge in [0, 0.05) is 24.3 Å². The molecule has 0 spiro atoms. The third-order valence-corrected chi connectivity index (χ3v) is 4.84. The first-order valence-electron chi connectivity index (χ1n) is 9.11. The van der Waals surface area contributed by atoms with Crippen molar-refractivity contribution >= 4 is 28.5 Å². The number of aromatic hydroxyl groups is 1. The maximum atomic E-state index is 14.1. The summed E-state index contributed by atoms with van der Waals surface area (Å²) in [6.45, 7) is 3.91. The molecular weight excluding hydrogens is 361 g/mol. The zero-order valence-electron chi connectivity index (χ0n) is 15.8. The van der Waals surface area contributed by atoms with Gasteiger partial charge in [0.1, 0.15) is 5.82 Å². The number of ether oxygens (including phenoxy) is 2. The molecule has 0 aliphatic carbocycles. The molecule has 1 aliphatic heterocycles. The number of hydrogen-bond donors (Lipinski definition) is 2. The lowest BCUT2D eigenvalue weighted by molar-refractivity contribution is -0.0336. The van der Waals surface area contributed by atoms with E-state index in [2.05, 4.69) is 14.9 Å². The van der Waals surface area contributed by atoms with E-state index in [1.165, 1.54) is 12.3 Å². The molecule has 0 atom stereocenters. The van der Waals surface area contributed by atoms with Crippen LogP contribution < -0.4 is 4.90 Å². The quantitative estimate of drug-likeness (QED) is 0.656. The fourth-order valence-electron chi connectivity index (χ4n) is 3.46. The minimum atomic E-state index is -0.403. The van der Waals surface area contributed by atoms with Crippen molar-refractivity contribution in [1.29, 1.82) is 0 Å². The van der Waals surface area contributed by atoms with Crippen molar-refractivity contribution in [1.82, 2.24) is 4.98 Å². The van der Waals surface area contributed by atoms with Crippen molar-refractivity contribution in [3.05, 3.63) is 53.3 Å². The molecule has 28 heavy (non-hydrogen) atoms. The Morgan fingerprint density at radius 1 is 1.29 bits per heavy atom. The third-order valence-electron chi connectivity index (χ3n) is 4.84. The Hall–Kier alpha value is -2.90. The summed E-state index contributed by atoms with van der Waals surface area (Å²) in [5, 5.41) is 10.4. The van der Waals surface area contributed by atoms with Crippen molar-refractivity contribution in [2.75, 3.05) is 31.7 Å². The normalized spacial score (nSPS) is 15.1. The maximum Gasteiger partial charge on any atom is 0.198 e. The number of hydrogen-bond acceptors (Lipinski definition) is 5. The summed E-state index contributed by atoms with van der Waals surface area (Å²) < 4.78 is 25.1. The number of rotatable bonds is 5. The fourth-order valence-corrected chi connectivity index (χ4v) is 3.46. The van der Waals surface area contributed by atoms with Crippen LogP contribution in [0.1, 0.15) is 11.1 Å². The smallest absolute Gasteiger partial charge is 0.198 e. The van der Waals surface area contributed by atoms with E-state index in [1.807, 2.05) is 32.2 Å². The topological polar surface area (TPSA) is 70.1 Å². The number of halogens is 1. The molecule has 2 heterocycles. The highest BCUT2D eigenvalue weighted by molar-refractivity contribution is 6.02. The minimum Gasteiger partial charge on any atom is -0.494 e. The predicted octanol–water partition coefficient (Wildman–Crippen LogP) is 3.88. The van der Waals surface area contributed by atoms with Crippen molar-refractivity contribution < 1.29 is 19.0 Å². The van der Waals surface area contributed by atoms with Gasteiger partial charge in [0.25, 0.3) is 0 Å². The van der Waals surface area contributed by atoms with E-state index in [9.17, 15) is 9.50 Å². The zero-order chi connectivity index (χ0) is 19.7. The second-order valence-electron chi connectivity index (χ2n) is 6.83. The Morgan fingerprint density at radius 3 is 2.82 bits per heavy atom. The van der Waals surface area contributed by atoms with Crippen LogP contribution in [0.4, 0.5) is 15.8 Å². The maximum absolute atomic E-state index is 14.1. The van der Waals surface area contributed by atoms with Crippen LogP contribution in [0.25, 0.3) is 10.9 Å². The van der Waals surface area contributed by atoms with Crippen LogP contribution in [0.5, 0.6) is 5.88 Å². The van der Waals surface area contributed by atoms with E-state index in [0.29, 0.717) is 41.9 Å². The zero-order valence-corrected chi connectivity index (χ0v) is 15.8. The highest BCUT2D eigenvalue weighted by atomic mass is 19.1. The van der Waals surface area contributed by atoms with Crippen molar-refractivity contribution in [3.63, 3.8) is 0 Å². The molecule has 0 bridgehead atoms. The first-order valence-corrected chi connectivity index (χ1v) is 9.11. The predicted molar refractivity (Wildman–Crippen MR) is 107 cm³/mol. The van der Waals surface area contributed by atoms with E-state index in [4.69, 9.17) is 9.47 Å². The average Bonchev–Trinajstić information content (AvgIpc) is 3.27. The van der Waals surface area contributed by atoms with Crippen LogP contribution in [0.2, 0.25) is 0 Å². The molecule has 2 N–H and O–H groups in total. The molecule has 1 fully saturated rings. The fraction of sp³-hybridized carbons (Fsp3) is 0.286. The number of fused-ring (bicyclic) bond motifs is 1. The summed E-state index contributed by atoms with van der Waals surface area (Å²) >= 11 is 0. The van der Waals surface area contributed by atoms with Gasteiger partial charge in [-0.15, -0.1) is 0 Å². The van der Waals surface area contributed by atoms with Crippen LogP contribution in [-0.2, 0) is 9.47 Å². The highest BCUT2D eigenvalue weighted by Crippen LogP contribution is 2.29. The molecule has 146 valence electrons. The van der Waals surface area contributed by atoms with Gasteiger partial charge in [-0.2, -0.15) is 0 Å². The van der Waals surface area contributed by atoms with Gasteiger partial charge in [-0.25, -0.2) is 4.39 Å². The summed E-state index contributed by atoms with van der Waals surface area (Å²) in [6.07, 6.45) is 1.28. The van der Waals surface area contributed by atoms with Crippen LogP contribution >= 0.6 is 0 Å². The molecule has 3 aromatic rings. The van der Waals surface area contributed by atoms with E-state index >= 15 is 0 Å². The lowest BCUT2D eigenvalue weighted by Crippen LogP contribution is -2.30. The first-order chi connectivity index (χ1) is 13.5. The van der Waals surface area contributed by atoms with E-state index < -0.39 is 5.82 Å². The molecule has 7 heteroatoms. The van der Waals surface area contributed by atoms with Crippen molar-refractivity contribution in [3.8, 4) is 5.88 Å². The highest BCUT2D eigenvalue weighted by Gasteiger charge is 2.19. The second kappa shape index (κ2) is 7.61. The summed E-state index contributed by atoms with van der Waals surface area (Å²) in [5.74, 6) is -0.506. The van der Waals surface area contributed by atoms with Gasteiger partial charge in [-0.1, -0.05) is 6.07 Å². The van der Waals surface area contributed by atoms with Gasteiger partial charge in [-0.3, -0.25) is 4.99 Å². The van der Waals surface area contributed by atoms with Gasteiger partial charge in [0.2, 0.25) is 0 Å². The first kappa shape index (κ1) is 18.5. The van der Waals surface area contributed by atoms with Crippen LogP contribution in [-0.4, -0.2) is 49.4 Å². The number of anilines is 1. The molecule has 1 saturated heterocycles. The SMILES string of the molecule is Cc1cc(N=Cc2c(O)[nH]c3cccc(F)c23)ccc1N(C)CC1OCCO1. The van der Waals surface area contributed by atoms with Crippen LogP contribution in [0.15, 0.2) is 41.4 Å². The largest absolute Gasteiger partial charge is 0.494 e. The van der Waals surface area contributed by atoms with E-state index in [1.54, 1.807) is 12.1 Å². The van der Waals surface area contributed by atoms with Crippen LogP contribution in [0, 0.1) is 12.7 Å². The molecular formula is C21H22FN3O3. The van der Waals surface area contributed by atoms with Gasteiger partial charge < -0.3 is 24.5 Å². The standard InChI is InChI=1S/C21H22FN3O3/c1-13-10-14(6-7-18(13)25(2)12-19-27-8-9-28-19)23-11-15-20-16(22)4-3-5-17(20)24-21(15)26/h3-7,10-11,19,24,26H,8-9,12H2,1-2H3. The Kier molecular flexibility index (Phi) is 5.02. The number of aromatic nitrogens is 1. The number of nitrogens with zero attached hydrogens (tertiary/aromatic N) is 2. The second-order valence-corrected chi connectivity index (χ2v) is 6.83. The number of H-pyrrole nitrogens is 1. The van der Waals surface area contributed by atoms with Gasteiger partial charge in [0.15, 0.2) is 12.2 Å². The molecule has 1 aliphatic rings. The summed E-state index contributed by atoms with van der Waals surface area (Å²) in [4.78, 5) is 9.28. The van der Waals surface area contributed by atoms with Gasteiger partial charge in [0.05, 0.1) is 36.5 Å². The van der Waals surface area contributed by atoms with Gasteiger partial charge in [-0.05, 0) is 42.8 Å². The van der Waals surface area contributed by atoms with Gasteiger partial charge >= 0.3 is 0 Å². The Bertz CT molecular complexity index is 1030. The molecule has 0 saturated carbocycles. The Balaban J connectivity index is 1.56. The third kappa shape index (κ3) is 3.58. The number of aromatic amines is 1. The minimum absolute atomic E-state index is 0.103. The molecule has 6 nitrogen and oxygen atoms in total. The van der Waals surface area contributed by atoms with Crippen LogP contribution in [0.3, 0.4) is 0 Å². The molecule has 1 aromatic heterocycles. The summed E-state index contributed by atoms with van der Waals surface area (Å²) in [5.41, 5.74) is 3.68. The van der Waals surface area contributed by atoms with Crippen molar-refractivity contribution in [2.24, 2.45) is 4.99 Å². The lowest BCUT2D eigenvalue weighted by atomic mass is 10.1. The summed E-state index contributed by atoms with van der Waals surface area (Å²) in [7, 11) is 1.99. The molecule has 2 aromatic carbocycles. The number of aliphatic imine (C=N–C) groups is 1. The molecule has 0 radical (unpaired) electrons. The average molecular weight is 383 g/mol. The number of likely N-dealkylation sites (N-methyl/N-ethyl adjacent to an activating group) is 1. The summed E-state index contributed by atoms with van der Waals surface area (Å²) in [6, 6.07) is 10.5. The van der Waals surface area contributed by atoms with E-state index in [0.717, 1.165) is 11.3 Å². The monoisotopic (exact) mass is 383 g/mol. The Morgan fingerprint density at radius 2 is 2.07 bits per heavy atom. The number of nitrogens with one attached hydrogen (secondary N) is 1. The van der Waals surface area contributed by atoms with Crippen molar-refractivity contribution in [2.45, 2.75) is 13.2 Å². The van der Waals surface area contributed by atoms with E-state index in [-0.39, 0.29) is 12.2 Å². The number of benzene rings is 2. The number of aryl methyl sites for hydroxylation is 1. The Labute approximate surface area is 162 Å². The molecule has 0 unspecified atom stereocenters. The molecule has 4 rings (SSSR count). The molecule has 0 amide bonds.